The normalized spacial score (nSPS) is 17.7. The van der Waals surface area contributed by atoms with Crippen LogP contribution in [0.15, 0.2) is 15.4 Å². The monoisotopic (exact) mass is 348 g/mol. The van der Waals surface area contributed by atoms with Gasteiger partial charge in [0, 0.05) is 19.7 Å². The number of aryl methyl sites for hydroxylation is 2. The fraction of sp³-hybridized carbons (Fsp3) is 0.500. The van der Waals surface area contributed by atoms with E-state index in [1.54, 1.807) is 25.9 Å². The van der Waals surface area contributed by atoms with Crippen LogP contribution in [0.2, 0.25) is 0 Å². The first-order valence-electron chi connectivity index (χ1n) is 7.92. The summed E-state index contributed by atoms with van der Waals surface area (Å²) in [4.78, 5) is 33.0. The van der Waals surface area contributed by atoms with E-state index in [4.69, 9.17) is 14.0 Å². The van der Waals surface area contributed by atoms with Crippen molar-refractivity contribution < 1.29 is 18.8 Å². The number of nitrogens with one attached hydrogen (secondary N) is 1. The molecule has 0 saturated carbocycles. The molecule has 1 N–H and O–H groups in total. The topological polar surface area (TPSA) is 111 Å². The van der Waals surface area contributed by atoms with Crippen molar-refractivity contribution in [2.24, 2.45) is 0 Å². The number of aromatic amines is 1. The lowest BCUT2D eigenvalue weighted by molar-refractivity contribution is -0.0252. The molecule has 134 valence electrons. The van der Waals surface area contributed by atoms with Crippen molar-refractivity contribution in [3.05, 3.63) is 45.0 Å². The molecule has 0 aliphatic carbocycles. The first-order valence-corrected chi connectivity index (χ1v) is 7.92. The van der Waals surface area contributed by atoms with E-state index in [9.17, 15) is 9.59 Å². The third kappa shape index (κ3) is 3.62. The number of morpholine rings is 1. The number of carbonyl (C=O) groups is 1. The zero-order valence-corrected chi connectivity index (χ0v) is 14.4. The van der Waals surface area contributed by atoms with Crippen molar-refractivity contribution in [3.8, 4) is 0 Å². The first kappa shape index (κ1) is 17.3. The molecule has 0 spiro atoms. The average molecular weight is 348 g/mol. The van der Waals surface area contributed by atoms with Crippen LogP contribution in [0.5, 0.6) is 0 Å². The minimum absolute atomic E-state index is 0.245. The fourth-order valence-electron chi connectivity index (χ4n) is 2.80. The number of carbonyl (C=O) groups excluding carboxylic acids is 1. The van der Waals surface area contributed by atoms with Crippen LogP contribution >= 0.6 is 0 Å². The Balaban J connectivity index is 1.81. The van der Waals surface area contributed by atoms with Gasteiger partial charge >= 0.3 is 0 Å². The van der Waals surface area contributed by atoms with Gasteiger partial charge in [-0.1, -0.05) is 5.16 Å². The molecule has 3 rings (SSSR count). The molecular weight excluding hydrogens is 328 g/mol. The van der Waals surface area contributed by atoms with Gasteiger partial charge in [0.05, 0.1) is 31.0 Å². The van der Waals surface area contributed by atoms with Gasteiger partial charge in [0.1, 0.15) is 17.7 Å². The Morgan fingerprint density at radius 2 is 2.28 bits per heavy atom. The predicted molar refractivity (Wildman–Crippen MR) is 86.1 cm³/mol. The molecule has 2 aromatic rings. The van der Waals surface area contributed by atoms with Gasteiger partial charge in [0.2, 0.25) is 0 Å². The second-order valence-electron chi connectivity index (χ2n) is 5.87. The summed E-state index contributed by atoms with van der Waals surface area (Å²) in [5, 5.41) is 3.88. The Hall–Kier alpha value is -2.52. The van der Waals surface area contributed by atoms with Crippen molar-refractivity contribution in [1.82, 2.24) is 20.0 Å². The van der Waals surface area contributed by atoms with E-state index < -0.39 is 6.10 Å². The zero-order chi connectivity index (χ0) is 18.0. The number of nitrogens with zero attached hydrogens (tertiary/aromatic N) is 3. The van der Waals surface area contributed by atoms with Gasteiger partial charge in [0.15, 0.2) is 5.69 Å². The highest BCUT2D eigenvalue weighted by Gasteiger charge is 2.30. The molecule has 25 heavy (non-hydrogen) atoms. The molecule has 1 unspecified atom stereocenters. The molecule has 1 fully saturated rings. The van der Waals surface area contributed by atoms with Gasteiger partial charge in [-0.25, -0.2) is 4.98 Å². The second-order valence-corrected chi connectivity index (χ2v) is 5.87. The van der Waals surface area contributed by atoms with Crippen molar-refractivity contribution in [1.29, 1.82) is 0 Å². The summed E-state index contributed by atoms with van der Waals surface area (Å²) in [6.07, 6.45) is -0.461. The minimum Gasteiger partial charge on any atom is -0.380 e. The number of aromatic nitrogens is 3. The van der Waals surface area contributed by atoms with Crippen molar-refractivity contribution in [3.63, 3.8) is 0 Å². The molecule has 9 nitrogen and oxygen atoms in total. The molecule has 9 heteroatoms. The summed E-state index contributed by atoms with van der Waals surface area (Å²) in [6, 6.07) is 1.39. The molecule has 1 aliphatic heterocycles. The number of rotatable bonds is 4. The zero-order valence-electron chi connectivity index (χ0n) is 14.4. The van der Waals surface area contributed by atoms with E-state index >= 15 is 0 Å². The Kier molecular flexibility index (Phi) is 4.95. The molecule has 0 aromatic carbocycles. The van der Waals surface area contributed by atoms with Gasteiger partial charge in [-0.05, 0) is 13.8 Å². The maximum atomic E-state index is 12.8. The fourth-order valence-corrected chi connectivity index (χ4v) is 2.80. The summed E-state index contributed by atoms with van der Waals surface area (Å²) in [5.74, 6) is 0.810. The standard InChI is InChI=1S/C16H20N4O5/c1-9-11(8-23-3)15(19-25-9)16(22)20-4-5-24-13(7-20)12-6-14(21)18-10(2)17-12/h6,13H,4-5,7-8H2,1-3H3,(H,17,18,21). The van der Waals surface area contributed by atoms with Gasteiger partial charge in [0.25, 0.3) is 11.5 Å². The van der Waals surface area contributed by atoms with Crippen LogP contribution in [0.25, 0.3) is 0 Å². The summed E-state index contributed by atoms with van der Waals surface area (Å²) in [6.45, 7) is 4.75. The lowest BCUT2D eigenvalue weighted by atomic mass is 10.1. The minimum atomic E-state index is -0.461. The summed E-state index contributed by atoms with van der Waals surface area (Å²) in [5.41, 5.74) is 1.15. The van der Waals surface area contributed by atoms with Gasteiger partial charge in [-0.3, -0.25) is 9.59 Å². The van der Waals surface area contributed by atoms with E-state index in [1.165, 1.54) is 6.07 Å². The first-order chi connectivity index (χ1) is 12.0. The molecule has 1 saturated heterocycles. The number of H-pyrrole nitrogens is 1. The SMILES string of the molecule is COCc1c(C(=O)N2CCOC(c3cc(=O)[nH]c(C)n3)C2)noc1C. The van der Waals surface area contributed by atoms with Crippen LogP contribution in [0, 0.1) is 13.8 Å². The third-order valence-electron chi connectivity index (χ3n) is 4.04. The molecule has 3 heterocycles. The lowest BCUT2D eigenvalue weighted by Gasteiger charge is -2.32. The predicted octanol–water partition coefficient (Wildman–Crippen LogP) is 0.735. The van der Waals surface area contributed by atoms with E-state index in [0.717, 1.165) is 0 Å². The number of ether oxygens (including phenoxy) is 2. The molecule has 1 aliphatic rings. The van der Waals surface area contributed by atoms with Crippen LogP contribution in [0.1, 0.15) is 39.4 Å². The van der Waals surface area contributed by atoms with Crippen LogP contribution < -0.4 is 5.56 Å². The Morgan fingerprint density at radius 3 is 3.00 bits per heavy atom. The maximum absolute atomic E-state index is 12.8. The van der Waals surface area contributed by atoms with E-state index in [1.807, 2.05) is 0 Å². The largest absolute Gasteiger partial charge is 0.380 e. The quantitative estimate of drug-likeness (QED) is 0.867. The molecule has 1 amide bonds. The third-order valence-corrected chi connectivity index (χ3v) is 4.04. The van der Waals surface area contributed by atoms with Crippen molar-refractivity contribution >= 4 is 5.91 Å². The highest BCUT2D eigenvalue weighted by Crippen LogP contribution is 2.23. The molecule has 0 radical (unpaired) electrons. The number of hydrogen-bond donors (Lipinski definition) is 1. The van der Waals surface area contributed by atoms with Crippen LogP contribution in [0.3, 0.4) is 0 Å². The number of hydrogen-bond acceptors (Lipinski definition) is 7. The van der Waals surface area contributed by atoms with Gasteiger partial charge < -0.3 is 23.9 Å². The van der Waals surface area contributed by atoms with Gasteiger partial charge in [-0.2, -0.15) is 0 Å². The molecule has 2 aromatic heterocycles. The Labute approximate surface area is 143 Å². The van der Waals surface area contributed by atoms with Crippen molar-refractivity contribution in [2.45, 2.75) is 26.6 Å². The summed E-state index contributed by atoms with van der Waals surface area (Å²) >= 11 is 0. The van der Waals surface area contributed by atoms with Crippen molar-refractivity contribution in [2.75, 3.05) is 26.8 Å². The lowest BCUT2D eigenvalue weighted by Crippen LogP contribution is -2.43. The highest BCUT2D eigenvalue weighted by atomic mass is 16.5. The van der Waals surface area contributed by atoms with E-state index in [0.29, 0.717) is 36.0 Å². The molecule has 1 atom stereocenters. The van der Waals surface area contributed by atoms with E-state index in [-0.39, 0.29) is 30.3 Å². The summed E-state index contributed by atoms with van der Waals surface area (Å²) in [7, 11) is 1.55. The second kappa shape index (κ2) is 7.16. The van der Waals surface area contributed by atoms with Crippen LogP contribution in [-0.4, -0.2) is 52.7 Å². The summed E-state index contributed by atoms with van der Waals surface area (Å²) < 4.78 is 16.0. The Morgan fingerprint density at radius 1 is 1.48 bits per heavy atom. The number of amides is 1. The average Bonchev–Trinajstić information content (AvgIpc) is 2.95. The maximum Gasteiger partial charge on any atom is 0.276 e. The molecule has 0 bridgehead atoms. The highest BCUT2D eigenvalue weighted by molar-refractivity contribution is 5.93. The Bertz CT molecular complexity index is 828. The number of methoxy groups -OCH3 is 1. The van der Waals surface area contributed by atoms with E-state index in [2.05, 4.69) is 15.1 Å². The van der Waals surface area contributed by atoms with Crippen LogP contribution in [0.4, 0.5) is 0 Å². The molecular formula is C16H20N4O5. The van der Waals surface area contributed by atoms with Crippen LogP contribution in [-0.2, 0) is 16.1 Å². The van der Waals surface area contributed by atoms with Gasteiger partial charge in [-0.15, -0.1) is 0 Å². The smallest absolute Gasteiger partial charge is 0.276 e.